The summed E-state index contributed by atoms with van der Waals surface area (Å²) >= 11 is 5.84. The first-order valence-corrected chi connectivity index (χ1v) is 7.16. The Morgan fingerprint density at radius 1 is 1.53 bits per heavy atom. The number of halogens is 1. The van der Waals surface area contributed by atoms with E-state index in [4.69, 9.17) is 11.6 Å². The summed E-state index contributed by atoms with van der Waals surface area (Å²) in [6.07, 6.45) is 1.69. The highest BCUT2D eigenvalue weighted by molar-refractivity contribution is 7.84. The maximum Gasteiger partial charge on any atom is 0.243 e. The lowest BCUT2D eigenvalue weighted by atomic mass is 10.5. The predicted octanol–water partition coefficient (Wildman–Crippen LogP) is 1.56. The summed E-state index contributed by atoms with van der Waals surface area (Å²) < 4.78 is 12.8. The van der Waals surface area contributed by atoms with Crippen LogP contribution in [0, 0.1) is 0 Å². The van der Waals surface area contributed by atoms with Crippen molar-refractivity contribution in [1.82, 2.24) is 14.6 Å². The van der Waals surface area contributed by atoms with Gasteiger partial charge in [-0.1, -0.05) is 18.5 Å². The first kappa shape index (κ1) is 12.3. The third kappa shape index (κ3) is 3.17. The zero-order valence-electron chi connectivity index (χ0n) is 9.39. The first-order valence-electron chi connectivity index (χ1n) is 5.30. The quantitative estimate of drug-likeness (QED) is 0.897. The van der Waals surface area contributed by atoms with Gasteiger partial charge >= 0.3 is 0 Å². The van der Waals surface area contributed by atoms with Crippen LogP contribution in [0.4, 0.5) is 5.95 Å². The molecule has 1 atom stereocenters. The van der Waals surface area contributed by atoms with E-state index in [9.17, 15) is 4.21 Å². The number of aromatic nitrogens is 3. The van der Waals surface area contributed by atoms with E-state index in [0.29, 0.717) is 29.0 Å². The van der Waals surface area contributed by atoms with Gasteiger partial charge in [0.15, 0.2) is 5.65 Å². The molecule has 0 saturated carbocycles. The van der Waals surface area contributed by atoms with Crippen molar-refractivity contribution in [1.29, 1.82) is 0 Å². The maximum absolute atomic E-state index is 11.2. The SMILES string of the molecule is CCS(=O)CCNc1nc2ccc(Cl)cn2n1. The molecule has 0 spiro atoms. The first-order chi connectivity index (χ1) is 8.19. The van der Waals surface area contributed by atoms with Gasteiger partial charge in [-0.3, -0.25) is 4.21 Å². The Hall–Kier alpha value is -1.14. The molecule has 0 bridgehead atoms. The van der Waals surface area contributed by atoms with E-state index in [0.717, 1.165) is 5.65 Å². The van der Waals surface area contributed by atoms with Gasteiger partial charge < -0.3 is 5.32 Å². The van der Waals surface area contributed by atoms with Crippen LogP contribution in [0.1, 0.15) is 6.92 Å². The molecule has 0 amide bonds. The van der Waals surface area contributed by atoms with Crippen molar-refractivity contribution in [3.8, 4) is 0 Å². The van der Waals surface area contributed by atoms with Crippen molar-refractivity contribution in [3.63, 3.8) is 0 Å². The topological polar surface area (TPSA) is 59.3 Å². The molecule has 1 unspecified atom stereocenters. The molecule has 0 fully saturated rings. The Morgan fingerprint density at radius 2 is 2.35 bits per heavy atom. The number of fused-ring (bicyclic) bond motifs is 1. The monoisotopic (exact) mass is 272 g/mol. The van der Waals surface area contributed by atoms with E-state index in [1.807, 2.05) is 6.92 Å². The van der Waals surface area contributed by atoms with Crippen LogP contribution in [0.15, 0.2) is 18.3 Å². The molecular weight excluding hydrogens is 260 g/mol. The molecule has 7 heteroatoms. The Balaban J connectivity index is 2.02. The fraction of sp³-hybridized carbons (Fsp3) is 0.400. The number of hydrogen-bond donors (Lipinski definition) is 1. The van der Waals surface area contributed by atoms with Gasteiger partial charge in [0.25, 0.3) is 0 Å². The summed E-state index contributed by atoms with van der Waals surface area (Å²) in [5.74, 6) is 1.81. The Morgan fingerprint density at radius 3 is 3.12 bits per heavy atom. The number of hydrogen-bond acceptors (Lipinski definition) is 4. The predicted molar refractivity (Wildman–Crippen MR) is 70.0 cm³/mol. The zero-order chi connectivity index (χ0) is 12.3. The summed E-state index contributed by atoms with van der Waals surface area (Å²) in [7, 11) is -0.768. The number of anilines is 1. The van der Waals surface area contributed by atoms with Gasteiger partial charge in [-0.2, -0.15) is 4.98 Å². The van der Waals surface area contributed by atoms with E-state index >= 15 is 0 Å². The highest BCUT2D eigenvalue weighted by Crippen LogP contribution is 2.11. The van der Waals surface area contributed by atoms with Crippen LogP contribution in [0.2, 0.25) is 5.02 Å². The molecule has 2 aromatic heterocycles. The molecule has 0 radical (unpaired) electrons. The molecule has 0 aliphatic heterocycles. The Kier molecular flexibility index (Phi) is 3.96. The molecule has 2 rings (SSSR count). The molecule has 17 heavy (non-hydrogen) atoms. The third-order valence-corrected chi connectivity index (χ3v) is 3.76. The van der Waals surface area contributed by atoms with Crippen LogP contribution < -0.4 is 5.32 Å². The second-order valence-electron chi connectivity index (χ2n) is 3.44. The molecule has 1 N–H and O–H groups in total. The van der Waals surface area contributed by atoms with Crippen LogP contribution in [0.25, 0.3) is 5.65 Å². The van der Waals surface area contributed by atoms with Crippen molar-refractivity contribution < 1.29 is 4.21 Å². The lowest BCUT2D eigenvalue weighted by Gasteiger charge is -1.99. The molecular formula is C10H13ClN4OS. The van der Waals surface area contributed by atoms with E-state index in [2.05, 4.69) is 15.4 Å². The Bertz CT molecular complexity index is 542. The standard InChI is InChI=1S/C10H13ClN4OS/c1-2-17(16)6-5-12-10-13-9-4-3-8(11)7-15(9)14-10/h3-4,7H,2,5-6H2,1H3,(H,12,14). The van der Waals surface area contributed by atoms with Crippen molar-refractivity contribution in [2.45, 2.75) is 6.92 Å². The van der Waals surface area contributed by atoms with Crippen LogP contribution in [-0.4, -0.2) is 36.9 Å². The lowest BCUT2D eigenvalue weighted by Crippen LogP contribution is -2.12. The number of nitrogens with one attached hydrogen (secondary N) is 1. The van der Waals surface area contributed by atoms with Gasteiger partial charge in [0, 0.05) is 35.0 Å². The fourth-order valence-corrected chi connectivity index (χ4v) is 2.13. The molecule has 0 aliphatic rings. The van der Waals surface area contributed by atoms with E-state index in [1.165, 1.54) is 0 Å². The summed E-state index contributed by atoms with van der Waals surface area (Å²) in [4.78, 5) is 4.26. The molecule has 0 saturated heterocycles. The average molecular weight is 273 g/mol. The van der Waals surface area contributed by atoms with Crippen molar-refractivity contribution in [3.05, 3.63) is 23.4 Å². The highest BCUT2D eigenvalue weighted by Gasteiger charge is 2.03. The number of nitrogens with zero attached hydrogens (tertiary/aromatic N) is 3. The van der Waals surface area contributed by atoms with Gasteiger partial charge in [0.05, 0.1) is 5.02 Å². The van der Waals surface area contributed by atoms with Gasteiger partial charge in [0.2, 0.25) is 5.95 Å². The largest absolute Gasteiger partial charge is 0.352 e. The van der Waals surface area contributed by atoms with Crippen LogP contribution >= 0.6 is 11.6 Å². The van der Waals surface area contributed by atoms with Crippen LogP contribution in [0.3, 0.4) is 0 Å². The maximum atomic E-state index is 11.2. The highest BCUT2D eigenvalue weighted by atomic mass is 35.5. The average Bonchev–Trinajstić information content (AvgIpc) is 2.70. The summed E-state index contributed by atoms with van der Waals surface area (Å²) in [6, 6.07) is 3.56. The Labute approximate surface area is 107 Å². The minimum Gasteiger partial charge on any atom is -0.352 e. The summed E-state index contributed by atoms with van der Waals surface area (Å²) in [6.45, 7) is 2.51. The van der Waals surface area contributed by atoms with E-state index < -0.39 is 10.8 Å². The molecule has 2 aromatic rings. The van der Waals surface area contributed by atoms with Gasteiger partial charge in [0.1, 0.15) is 0 Å². The van der Waals surface area contributed by atoms with Crippen molar-refractivity contribution in [2.24, 2.45) is 0 Å². The normalized spacial score (nSPS) is 12.8. The van der Waals surface area contributed by atoms with Crippen molar-refractivity contribution in [2.75, 3.05) is 23.4 Å². The fourth-order valence-electron chi connectivity index (χ4n) is 1.35. The number of pyridine rings is 1. The van der Waals surface area contributed by atoms with Crippen molar-refractivity contribution >= 4 is 34.0 Å². The second-order valence-corrected chi connectivity index (χ2v) is 5.75. The van der Waals surface area contributed by atoms with Gasteiger partial charge in [-0.15, -0.1) is 5.10 Å². The molecule has 2 heterocycles. The molecule has 92 valence electrons. The smallest absolute Gasteiger partial charge is 0.243 e. The number of rotatable bonds is 5. The minimum atomic E-state index is -0.768. The summed E-state index contributed by atoms with van der Waals surface area (Å²) in [5, 5.41) is 7.86. The second kappa shape index (κ2) is 5.46. The van der Waals surface area contributed by atoms with Gasteiger partial charge in [-0.25, -0.2) is 4.52 Å². The van der Waals surface area contributed by atoms with Crippen LogP contribution in [0.5, 0.6) is 0 Å². The molecule has 0 aromatic carbocycles. The van der Waals surface area contributed by atoms with Gasteiger partial charge in [-0.05, 0) is 12.1 Å². The molecule has 0 aliphatic carbocycles. The van der Waals surface area contributed by atoms with Crippen LogP contribution in [-0.2, 0) is 10.8 Å². The third-order valence-electron chi connectivity index (χ3n) is 2.23. The summed E-state index contributed by atoms with van der Waals surface area (Å²) in [5.41, 5.74) is 0.730. The van der Waals surface area contributed by atoms with E-state index in [1.54, 1.807) is 22.8 Å². The lowest BCUT2D eigenvalue weighted by molar-refractivity contribution is 0.684. The van der Waals surface area contributed by atoms with E-state index in [-0.39, 0.29) is 0 Å². The molecule has 5 nitrogen and oxygen atoms in total. The zero-order valence-corrected chi connectivity index (χ0v) is 11.0. The minimum absolute atomic E-state index is 0.528.